The van der Waals surface area contributed by atoms with Crippen LogP contribution in [0, 0.1) is 11.8 Å². The molecule has 0 fully saturated rings. The third kappa shape index (κ3) is 5.52. The highest BCUT2D eigenvalue weighted by Crippen LogP contribution is 2.24. The summed E-state index contributed by atoms with van der Waals surface area (Å²) in [5.41, 5.74) is 8.56. The van der Waals surface area contributed by atoms with Gasteiger partial charge in [0.1, 0.15) is 6.10 Å². The Morgan fingerprint density at radius 2 is 2.06 bits per heavy atom. The van der Waals surface area contributed by atoms with Gasteiger partial charge in [0.2, 0.25) is 12.2 Å². The highest BCUT2D eigenvalue weighted by Gasteiger charge is 2.14. The van der Waals surface area contributed by atoms with E-state index in [-0.39, 0.29) is 5.82 Å². The number of benzene rings is 1. The van der Waals surface area contributed by atoms with Crippen molar-refractivity contribution < 1.29 is 14.7 Å². The quantitative estimate of drug-likeness (QED) is 0.432. The van der Waals surface area contributed by atoms with Crippen LogP contribution in [0.4, 0.5) is 0 Å². The fourth-order valence-electron chi connectivity index (χ4n) is 2.84. The van der Waals surface area contributed by atoms with Gasteiger partial charge in [0.15, 0.2) is 0 Å². The van der Waals surface area contributed by atoms with E-state index in [4.69, 9.17) is 5.73 Å². The minimum absolute atomic E-state index is 0.0973. The van der Waals surface area contributed by atoms with Crippen molar-refractivity contribution in [3.05, 3.63) is 54.0 Å². The van der Waals surface area contributed by atoms with Gasteiger partial charge in [-0.05, 0) is 24.3 Å². The molecule has 0 saturated carbocycles. The number of aryl methyl sites for hydroxylation is 1. The number of amides is 2. The lowest BCUT2D eigenvalue weighted by Crippen LogP contribution is -2.21. The number of aromatic nitrogens is 4. The van der Waals surface area contributed by atoms with Crippen LogP contribution < -0.4 is 5.73 Å². The summed E-state index contributed by atoms with van der Waals surface area (Å²) < 4.78 is 1.64. The maximum Gasteiger partial charge on any atom is 0.286 e. The van der Waals surface area contributed by atoms with Gasteiger partial charge in [0, 0.05) is 44.4 Å². The number of carbonyl (C=O) groups excluding carboxylic acids is 2. The molecule has 0 unspecified atom stereocenters. The second kappa shape index (κ2) is 9.65. The van der Waals surface area contributed by atoms with E-state index in [1.807, 2.05) is 12.1 Å². The molecule has 0 aliphatic rings. The predicted molar refractivity (Wildman–Crippen MR) is 114 cm³/mol. The number of nitrogens with zero attached hydrogens (tertiary/aromatic N) is 5. The second-order valence-corrected chi connectivity index (χ2v) is 6.91. The third-order valence-corrected chi connectivity index (χ3v) is 4.51. The molecule has 0 aliphatic heterocycles. The van der Waals surface area contributed by atoms with Gasteiger partial charge < -0.3 is 15.7 Å². The van der Waals surface area contributed by atoms with E-state index in [2.05, 4.69) is 26.9 Å². The molecule has 9 nitrogen and oxygen atoms in total. The summed E-state index contributed by atoms with van der Waals surface area (Å²) in [4.78, 5) is 32.4. The van der Waals surface area contributed by atoms with Crippen LogP contribution in [0.1, 0.15) is 22.6 Å². The van der Waals surface area contributed by atoms with E-state index in [0.29, 0.717) is 42.0 Å². The van der Waals surface area contributed by atoms with Crippen LogP contribution in [-0.4, -0.2) is 61.8 Å². The first-order valence-corrected chi connectivity index (χ1v) is 9.50. The van der Waals surface area contributed by atoms with Gasteiger partial charge in [0.25, 0.3) is 5.91 Å². The molecule has 0 spiro atoms. The van der Waals surface area contributed by atoms with E-state index < -0.39 is 12.0 Å². The topological polar surface area (TPSA) is 127 Å². The summed E-state index contributed by atoms with van der Waals surface area (Å²) in [6.45, 7) is 0.410. The summed E-state index contributed by atoms with van der Waals surface area (Å²) in [6.07, 6.45) is 1.83. The SMILES string of the molecule is CN(C=O)CC[C@@H](O)C#Cc1cccc(-c2cc(-c3ccnn3C)nc(C(N)=O)n2)c1. The van der Waals surface area contributed by atoms with Crippen LogP contribution in [0.2, 0.25) is 0 Å². The highest BCUT2D eigenvalue weighted by molar-refractivity contribution is 5.90. The largest absolute Gasteiger partial charge is 0.380 e. The molecule has 1 aromatic carbocycles. The minimum Gasteiger partial charge on any atom is -0.380 e. The predicted octanol–water partition coefficient (Wildman–Crippen LogP) is 0.834. The van der Waals surface area contributed by atoms with Crippen LogP contribution in [0.25, 0.3) is 22.6 Å². The molecule has 3 aromatic rings. The Hall–Kier alpha value is -4.03. The maximum absolute atomic E-state index is 11.8. The van der Waals surface area contributed by atoms with E-state index >= 15 is 0 Å². The lowest BCUT2D eigenvalue weighted by Gasteiger charge is -2.10. The van der Waals surface area contributed by atoms with Gasteiger partial charge in [0.05, 0.1) is 17.1 Å². The van der Waals surface area contributed by atoms with Crippen molar-refractivity contribution >= 4 is 12.3 Å². The van der Waals surface area contributed by atoms with Gasteiger partial charge in [-0.3, -0.25) is 14.3 Å². The van der Waals surface area contributed by atoms with Crippen molar-refractivity contribution in [2.75, 3.05) is 13.6 Å². The summed E-state index contributed by atoms with van der Waals surface area (Å²) >= 11 is 0. The lowest BCUT2D eigenvalue weighted by atomic mass is 10.1. The van der Waals surface area contributed by atoms with Crippen LogP contribution in [-0.2, 0) is 11.8 Å². The Morgan fingerprint density at radius 3 is 2.74 bits per heavy atom. The summed E-state index contributed by atoms with van der Waals surface area (Å²) in [6, 6.07) is 10.8. The lowest BCUT2D eigenvalue weighted by molar-refractivity contribution is -0.117. The van der Waals surface area contributed by atoms with Crippen molar-refractivity contribution in [1.82, 2.24) is 24.6 Å². The zero-order valence-corrected chi connectivity index (χ0v) is 17.2. The Bertz CT molecular complexity index is 1160. The second-order valence-electron chi connectivity index (χ2n) is 6.91. The number of carbonyl (C=O) groups is 2. The van der Waals surface area contributed by atoms with Crippen molar-refractivity contribution in [3.63, 3.8) is 0 Å². The van der Waals surface area contributed by atoms with E-state index in [1.54, 1.807) is 49.2 Å². The van der Waals surface area contributed by atoms with Crippen LogP contribution in [0.5, 0.6) is 0 Å². The van der Waals surface area contributed by atoms with Crippen molar-refractivity contribution in [2.24, 2.45) is 12.8 Å². The minimum atomic E-state index is -0.858. The van der Waals surface area contributed by atoms with Gasteiger partial charge >= 0.3 is 0 Å². The third-order valence-electron chi connectivity index (χ3n) is 4.51. The highest BCUT2D eigenvalue weighted by atomic mass is 16.3. The molecule has 31 heavy (non-hydrogen) atoms. The van der Waals surface area contributed by atoms with Crippen LogP contribution in [0.3, 0.4) is 0 Å². The Labute approximate surface area is 179 Å². The fraction of sp³-hybridized carbons (Fsp3) is 0.227. The summed E-state index contributed by atoms with van der Waals surface area (Å²) in [5, 5.41) is 14.1. The molecule has 2 heterocycles. The van der Waals surface area contributed by atoms with Gasteiger partial charge in [-0.15, -0.1) is 0 Å². The number of rotatable bonds is 7. The molecule has 3 rings (SSSR count). The smallest absolute Gasteiger partial charge is 0.286 e. The van der Waals surface area contributed by atoms with Crippen LogP contribution in [0.15, 0.2) is 42.6 Å². The number of aliphatic hydroxyl groups excluding tert-OH is 1. The number of primary amides is 1. The fourth-order valence-corrected chi connectivity index (χ4v) is 2.84. The van der Waals surface area contributed by atoms with Crippen molar-refractivity contribution in [2.45, 2.75) is 12.5 Å². The number of hydrogen-bond acceptors (Lipinski definition) is 6. The molecule has 2 aromatic heterocycles. The Kier molecular flexibility index (Phi) is 6.74. The zero-order chi connectivity index (χ0) is 22.4. The summed E-state index contributed by atoms with van der Waals surface area (Å²) in [7, 11) is 3.41. The number of nitrogens with two attached hydrogens (primary N) is 1. The van der Waals surface area contributed by atoms with Crippen molar-refractivity contribution in [3.8, 4) is 34.5 Å². The van der Waals surface area contributed by atoms with E-state index in [1.165, 1.54) is 4.90 Å². The summed E-state index contributed by atoms with van der Waals surface area (Å²) in [5.74, 6) is 4.87. The first-order valence-electron chi connectivity index (χ1n) is 9.50. The zero-order valence-electron chi connectivity index (χ0n) is 17.2. The molecule has 1 atom stereocenters. The average molecular weight is 418 g/mol. The molecular weight excluding hydrogens is 396 g/mol. The van der Waals surface area contributed by atoms with Gasteiger partial charge in [-0.2, -0.15) is 5.10 Å². The molecule has 0 saturated heterocycles. The number of aliphatic hydroxyl groups is 1. The first-order chi connectivity index (χ1) is 14.9. The van der Waals surface area contributed by atoms with Crippen LogP contribution >= 0.6 is 0 Å². The Balaban J connectivity index is 1.91. The van der Waals surface area contributed by atoms with Gasteiger partial charge in [-0.25, -0.2) is 9.97 Å². The molecule has 9 heteroatoms. The van der Waals surface area contributed by atoms with E-state index in [9.17, 15) is 14.7 Å². The standard InChI is InChI=1S/C22H22N6O3/c1-27(14-29)11-9-17(30)7-6-15-4-3-5-16(12-15)18-13-19(20-8-10-24-28(20)2)26-22(25-18)21(23)31/h3-5,8,10,12-14,17,30H,9,11H2,1-2H3,(H2,23,31)/t17-/m0/s1. The molecular formula is C22H22N6O3. The average Bonchev–Trinajstić information content (AvgIpc) is 3.21. The Morgan fingerprint density at radius 1 is 1.29 bits per heavy atom. The monoisotopic (exact) mass is 418 g/mol. The van der Waals surface area contributed by atoms with Gasteiger partial charge in [-0.1, -0.05) is 24.0 Å². The van der Waals surface area contributed by atoms with E-state index in [0.717, 1.165) is 5.56 Å². The van der Waals surface area contributed by atoms with Crippen molar-refractivity contribution in [1.29, 1.82) is 0 Å². The molecule has 2 amide bonds. The maximum atomic E-state index is 11.8. The molecule has 0 radical (unpaired) electrons. The molecule has 0 aliphatic carbocycles. The normalized spacial score (nSPS) is 11.3. The molecule has 158 valence electrons. The molecule has 3 N–H and O–H groups in total. The number of hydrogen-bond donors (Lipinski definition) is 2. The first kappa shape index (κ1) is 21.7. The molecule has 0 bridgehead atoms.